The summed E-state index contributed by atoms with van der Waals surface area (Å²) in [4.78, 5) is 30.6. The Balaban J connectivity index is 1.43. The Morgan fingerprint density at radius 3 is 2.79 bits per heavy atom. The number of aliphatic hydroxyl groups excluding tert-OH is 1. The van der Waals surface area contributed by atoms with Gasteiger partial charge in [0.2, 0.25) is 5.91 Å². The number of hydrogen-bond acceptors (Lipinski definition) is 4. The molecule has 0 saturated carbocycles. The number of amides is 2. The molecule has 6 nitrogen and oxygen atoms in total. The van der Waals surface area contributed by atoms with Crippen LogP contribution in [0.5, 0.6) is 0 Å². The molecule has 2 aromatic carbocycles. The van der Waals surface area contributed by atoms with Crippen molar-refractivity contribution in [2.75, 3.05) is 18.1 Å². The summed E-state index contributed by atoms with van der Waals surface area (Å²) >= 11 is 2.28. The fourth-order valence-corrected chi connectivity index (χ4v) is 6.25. The first kappa shape index (κ1) is 22.8. The quantitative estimate of drug-likeness (QED) is 0.565. The lowest BCUT2D eigenvalue weighted by atomic mass is 9.83. The van der Waals surface area contributed by atoms with Crippen LogP contribution in [-0.2, 0) is 26.5 Å². The minimum atomic E-state index is -1.06. The molecule has 0 bridgehead atoms. The molecule has 4 atom stereocenters. The summed E-state index contributed by atoms with van der Waals surface area (Å²) < 4.78 is 7.63. The van der Waals surface area contributed by atoms with Crippen LogP contribution >= 0.6 is 22.6 Å². The molecule has 2 saturated heterocycles. The molecule has 2 aromatic rings. The molecule has 0 radical (unpaired) electrons. The second-order valence-corrected chi connectivity index (χ2v) is 10.7. The predicted molar refractivity (Wildman–Crippen MR) is 134 cm³/mol. The maximum atomic E-state index is 14.0. The summed E-state index contributed by atoms with van der Waals surface area (Å²) in [5, 5.41) is 9.60. The van der Waals surface area contributed by atoms with E-state index in [4.69, 9.17) is 4.74 Å². The van der Waals surface area contributed by atoms with E-state index < -0.39 is 5.60 Å². The van der Waals surface area contributed by atoms with Crippen LogP contribution in [0.3, 0.4) is 0 Å². The monoisotopic (exact) mass is 560 g/mol. The van der Waals surface area contributed by atoms with Gasteiger partial charge in [-0.05, 0) is 65.6 Å². The fraction of sp³-hybridized carbons (Fsp3) is 0.462. The maximum Gasteiger partial charge on any atom is 0.264 e. The molecule has 7 heteroatoms. The average molecular weight is 560 g/mol. The smallest absolute Gasteiger partial charge is 0.264 e. The van der Waals surface area contributed by atoms with Crippen LogP contribution in [0.1, 0.15) is 43.7 Å². The Bertz CT molecular complexity index is 1060. The minimum absolute atomic E-state index is 0.00362. The highest BCUT2D eigenvalue weighted by Crippen LogP contribution is 2.54. The highest BCUT2D eigenvalue weighted by Gasteiger charge is 2.60. The number of fused-ring (bicyclic) bond motifs is 2. The molecular formula is C26H29IN2O4. The van der Waals surface area contributed by atoms with Gasteiger partial charge >= 0.3 is 0 Å². The lowest BCUT2D eigenvalue weighted by Gasteiger charge is -2.29. The van der Waals surface area contributed by atoms with Crippen LogP contribution in [0.25, 0.3) is 0 Å². The zero-order valence-corrected chi connectivity index (χ0v) is 20.9. The van der Waals surface area contributed by atoms with Crippen molar-refractivity contribution in [2.45, 2.75) is 56.9 Å². The van der Waals surface area contributed by atoms with Crippen molar-refractivity contribution in [3.05, 3.63) is 63.2 Å². The van der Waals surface area contributed by atoms with Gasteiger partial charge in [-0.3, -0.25) is 9.59 Å². The van der Waals surface area contributed by atoms with Crippen LogP contribution in [0, 0.1) is 9.49 Å². The van der Waals surface area contributed by atoms with Gasteiger partial charge in [0.1, 0.15) is 0 Å². The van der Waals surface area contributed by atoms with Crippen molar-refractivity contribution >= 4 is 40.1 Å². The number of halogens is 1. The van der Waals surface area contributed by atoms with E-state index in [0.29, 0.717) is 19.5 Å². The molecule has 0 aromatic heterocycles. The van der Waals surface area contributed by atoms with Gasteiger partial charge in [-0.2, -0.15) is 0 Å². The molecule has 33 heavy (non-hydrogen) atoms. The van der Waals surface area contributed by atoms with Gasteiger partial charge in [0.25, 0.3) is 5.91 Å². The molecule has 5 rings (SSSR count). The number of carbonyl (C=O) groups excluding carboxylic acids is 2. The Labute approximate surface area is 208 Å². The number of rotatable bonds is 5. The first-order chi connectivity index (χ1) is 15.9. The lowest BCUT2D eigenvalue weighted by Crippen LogP contribution is -2.44. The molecule has 0 unspecified atom stereocenters. The zero-order chi connectivity index (χ0) is 23.2. The number of nitrogens with zero attached hydrogens (tertiary/aromatic N) is 2. The fourth-order valence-electron chi connectivity index (χ4n) is 5.76. The van der Waals surface area contributed by atoms with E-state index in [1.54, 1.807) is 4.90 Å². The van der Waals surface area contributed by atoms with Gasteiger partial charge in [0.15, 0.2) is 5.60 Å². The van der Waals surface area contributed by atoms with Crippen molar-refractivity contribution in [3.8, 4) is 0 Å². The molecule has 3 aliphatic rings. The third kappa shape index (κ3) is 3.88. The standard InChI is InChI=1S/C26H29IN2O4/c1-17-12-21(14-24(31)28-11-5-8-20(28)16-30)33-26(17)22-13-19(27)9-10-23(22)29(25(26)32)15-18-6-3-2-4-7-18/h2-4,6-7,9-10,13,17,20-21,30H,5,8,11-12,14-16H2,1H3/t17-,20+,21-,26+/m1/s1. The summed E-state index contributed by atoms with van der Waals surface area (Å²) in [6.07, 6.45) is 2.33. The summed E-state index contributed by atoms with van der Waals surface area (Å²) in [5.74, 6) is -0.0804. The van der Waals surface area contributed by atoms with Crippen LogP contribution in [-0.4, -0.2) is 47.1 Å². The number of anilines is 1. The van der Waals surface area contributed by atoms with Gasteiger partial charge in [0, 0.05) is 21.6 Å². The van der Waals surface area contributed by atoms with Crippen LogP contribution in [0.4, 0.5) is 5.69 Å². The summed E-state index contributed by atoms with van der Waals surface area (Å²) in [7, 11) is 0. The second kappa shape index (κ2) is 9.00. The van der Waals surface area contributed by atoms with E-state index in [1.807, 2.05) is 47.4 Å². The first-order valence-electron chi connectivity index (χ1n) is 11.7. The van der Waals surface area contributed by atoms with Crippen molar-refractivity contribution in [1.82, 2.24) is 4.90 Å². The van der Waals surface area contributed by atoms with E-state index in [2.05, 4.69) is 35.6 Å². The predicted octanol–water partition coefficient (Wildman–Crippen LogP) is 3.83. The van der Waals surface area contributed by atoms with E-state index in [9.17, 15) is 14.7 Å². The molecule has 2 amide bonds. The molecule has 174 valence electrons. The van der Waals surface area contributed by atoms with Crippen molar-refractivity contribution in [1.29, 1.82) is 0 Å². The first-order valence-corrected chi connectivity index (χ1v) is 12.8. The molecule has 0 aliphatic carbocycles. The van der Waals surface area contributed by atoms with Gasteiger partial charge in [-0.25, -0.2) is 0 Å². The lowest BCUT2D eigenvalue weighted by molar-refractivity contribution is -0.150. The molecular weight excluding hydrogens is 531 g/mol. The van der Waals surface area contributed by atoms with Gasteiger partial charge in [0.05, 0.1) is 37.4 Å². The maximum absolute atomic E-state index is 14.0. The Morgan fingerprint density at radius 2 is 2.03 bits per heavy atom. The highest BCUT2D eigenvalue weighted by atomic mass is 127. The zero-order valence-electron chi connectivity index (χ0n) is 18.7. The van der Waals surface area contributed by atoms with Crippen molar-refractivity contribution in [2.24, 2.45) is 5.92 Å². The number of benzene rings is 2. The minimum Gasteiger partial charge on any atom is -0.394 e. The molecule has 1 spiro atoms. The largest absolute Gasteiger partial charge is 0.394 e. The van der Waals surface area contributed by atoms with E-state index in [0.717, 1.165) is 33.2 Å². The summed E-state index contributed by atoms with van der Waals surface area (Å²) in [6, 6.07) is 16.0. The van der Waals surface area contributed by atoms with Crippen molar-refractivity contribution in [3.63, 3.8) is 0 Å². The Kier molecular flexibility index (Phi) is 6.22. The third-order valence-corrected chi connectivity index (χ3v) is 8.04. The van der Waals surface area contributed by atoms with E-state index in [-0.39, 0.29) is 42.9 Å². The van der Waals surface area contributed by atoms with Gasteiger partial charge < -0.3 is 19.6 Å². The van der Waals surface area contributed by atoms with Crippen molar-refractivity contribution < 1.29 is 19.4 Å². The highest BCUT2D eigenvalue weighted by molar-refractivity contribution is 14.1. The number of hydrogen-bond donors (Lipinski definition) is 1. The number of ether oxygens (including phenoxy) is 1. The number of aliphatic hydroxyl groups is 1. The average Bonchev–Trinajstić information content (AvgIpc) is 3.47. The van der Waals surface area contributed by atoms with Crippen LogP contribution in [0.15, 0.2) is 48.5 Å². The summed E-state index contributed by atoms with van der Waals surface area (Å²) in [5.41, 5.74) is 1.81. The molecule has 2 fully saturated rings. The van der Waals surface area contributed by atoms with E-state index in [1.165, 1.54) is 0 Å². The topological polar surface area (TPSA) is 70.1 Å². The molecule has 3 aliphatic heterocycles. The summed E-state index contributed by atoms with van der Waals surface area (Å²) in [6.45, 7) is 3.23. The normalized spacial score (nSPS) is 28.7. The molecule has 3 heterocycles. The van der Waals surface area contributed by atoms with Gasteiger partial charge in [-0.15, -0.1) is 0 Å². The van der Waals surface area contributed by atoms with Crippen LogP contribution < -0.4 is 4.90 Å². The third-order valence-electron chi connectivity index (χ3n) is 7.37. The van der Waals surface area contributed by atoms with Gasteiger partial charge in [-0.1, -0.05) is 37.3 Å². The van der Waals surface area contributed by atoms with E-state index >= 15 is 0 Å². The Hall–Kier alpha value is -1.97. The molecule has 1 N–H and O–H groups in total. The number of carbonyl (C=O) groups is 2. The SMILES string of the molecule is C[C@@H]1C[C@H](CC(=O)N2CCC[C@H]2CO)O[C@@]12C(=O)N(Cc1ccccc1)c1ccc(I)cc12. The van der Waals surface area contributed by atoms with Crippen LogP contribution in [0.2, 0.25) is 0 Å². The number of likely N-dealkylation sites (tertiary alicyclic amines) is 1. The second-order valence-electron chi connectivity index (χ2n) is 9.42. The Morgan fingerprint density at radius 1 is 1.24 bits per heavy atom.